The number of carbonyl (C=O) groups is 1. The Morgan fingerprint density at radius 2 is 2.31 bits per heavy atom. The molecule has 16 heavy (non-hydrogen) atoms. The molecule has 0 saturated carbocycles. The van der Waals surface area contributed by atoms with Crippen molar-refractivity contribution in [3.05, 3.63) is 33.5 Å². The quantitative estimate of drug-likeness (QED) is 0.846. The molecule has 5 nitrogen and oxygen atoms in total. The van der Waals surface area contributed by atoms with Crippen LogP contribution in [-0.2, 0) is 6.54 Å². The number of thiophene rings is 1. The summed E-state index contributed by atoms with van der Waals surface area (Å²) in [5, 5.41) is 13.3. The molecule has 0 spiro atoms. The van der Waals surface area contributed by atoms with Crippen LogP contribution in [0.15, 0.2) is 10.8 Å². The van der Waals surface area contributed by atoms with E-state index >= 15 is 0 Å². The first-order chi connectivity index (χ1) is 7.66. The Morgan fingerprint density at radius 1 is 1.50 bits per heavy atom. The Morgan fingerprint density at radius 3 is 2.88 bits per heavy atom. The van der Waals surface area contributed by atoms with Crippen molar-refractivity contribution in [3.8, 4) is 0 Å². The maximum absolute atomic E-state index is 11.6. The average Bonchev–Trinajstić information content (AvgIpc) is 2.84. The molecule has 2 rings (SSSR count). The van der Waals surface area contributed by atoms with Gasteiger partial charge in [-0.2, -0.15) is 11.3 Å². The second-order valence-corrected chi connectivity index (χ2v) is 4.25. The summed E-state index contributed by atoms with van der Waals surface area (Å²) in [6.45, 7) is 4.30. The van der Waals surface area contributed by atoms with Crippen LogP contribution >= 0.6 is 11.3 Å². The predicted octanol–water partition coefficient (Wildman–Crippen LogP) is 1.41. The third-order valence-corrected chi connectivity index (χ3v) is 3.11. The van der Waals surface area contributed by atoms with Crippen molar-refractivity contribution in [2.75, 3.05) is 0 Å². The van der Waals surface area contributed by atoms with Gasteiger partial charge >= 0.3 is 0 Å². The number of hydrogen-bond donors (Lipinski definition) is 2. The summed E-state index contributed by atoms with van der Waals surface area (Å²) in [5.74, 6) is 0.567. The molecule has 2 aromatic heterocycles. The third kappa shape index (κ3) is 2.27. The molecule has 6 heteroatoms. The molecule has 0 saturated heterocycles. The van der Waals surface area contributed by atoms with E-state index in [2.05, 4.69) is 25.9 Å². The first kappa shape index (κ1) is 10.8. The first-order valence-electron chi connectivity index (χ1n) is 4.85. The summed E-state index contributed by atoms with van der Waals surface area (Å²) < 4.78 is 0. The fraction of sp³-hybridized carbons (Fsp3) is 0.300. The van der Waals surface area contributed by atoms with Crippen molar-refractivity contribution in [1.82, 2.24) is 20.5 Å². The zero-order valence-electron chi connectivity index (χ0n) is 9.07. The molecular formula is C10H12N4OS. The van der Waals surface area contributed by atoms with Gasteiger partial charge in [-0.1, -0.05) is 0 Å². The maximum atomic E-state index is 11.6. The van der Waals surface area contributed by atoms with E-state index in [9.17, 15) is 4.79 Å². The number of hydrogen-bond acceptors (Lipinski definition) is 4. The van der Waals surface area contributed by atoms with Gasteiger partial charge in [-0.05, 0) is 35.7 Å². The second-order valence-electron chi connectivity index (χ2n) is 3.51. The smallest absolute Gasteiger partial charge is 0.291 e. The maximum Gasteiger partial charge on any atom is 0.291 e. The van der Waals surface area contributed by atoms with Crippen LogP contribution in [0.3, 0.4) is 0 Å². The Hall–Kier alpha value is -1.69. The van der Waals surface area contributed by atoms with Crippen LogP contribution in [-0.4, -0.2) is 21.1 Å². The van der Waals surface area contributed by atoms with Gasteiger partial charge in [0.1, 0.15) is 5.82 Å². The number of H-pyrrole nitrogens is 1. The lowest BCUT2D eigenvalue weighted by Gasteiger charge is -2.01. The van der Waals surface area contributed by atoms with Gasteiger partial charge in [-0.3, -0.25) is 9.89 Å². The van der Waals surface area contributed by atoms with E-state index in [1.165, 1.54) is 5.56 Å². The van der Waals surface area contributed by atoms with Crippen molar-refractivity contribution in [1.29, 1.82) is 0 Å². The largest absolute Gasteiger partial charge is 0.345 e. The SMILES string of the molecule is Cc1nc(C(=O)NCc2cscc2C)n[nH]1. The van der Waals surface area contributed by atoms with E-state index in [0.717, 1.165) is 5.56 Å². The minimum atomic E-state index is -0.255. The zero-order valence-corrected chi connectivity index (χ0v) is 9.89. The number of nitrogens with zero attached hydrogens (tertiary/aromatic N) is 2. The first-order valence-corrected chi connectivity index (χ1v) is 5.80. The summed E-state index contributed by atoms with van der Waals surface area (Å²) in [5.41, 5.74) is 2.32. The van der Waals surface area contributed by atoms with Crippen LogP contribution in [0.4, 0.5) is 0 Å². The fourth-order valence-electron chi connectivity index (χ4n) is 1.27. The number of rotatable bonds is 3. The van der Waals surface area contributed by atoms with E-state index < -0.39 is 0 Å². The summed E-state index contributed by atoms with van der Waals surface area (Å²) in [7, 11) is 0. The Kier molecular flexibility index (Phi) is 3.00. The number of aromatic nitrogens is 3. The third-order valence-electron chi connectivity index (χ3n) is 2.20. The monoisotopic (exact) mass is 236 g/mol. The lowest BCUT2D eigenvalue weighted by atomic mass is 10.2. The number of nitrogens with one attached hydrogen (secondary N) is 2. The molecular weight excluding hydrogens is 224 g/mol. The minimum Gasteiger partial charge on any atom is -0.345 e. The summed E-state index contributed by atoms with van der Waals surface area (Å²) >= 11 is 1.63. The van der Waals surface area contributed by atoms with Crippen LogP contribution in [0.1, 0.15) is 27.6 Å². The number of aromatic amines is 1. The molecule has 0 fully saturated rings. The Labute approximate surface area is 96.9 Å². The van der Waals surface area contributed by atoms with Crippen LogP contribution in [0.25, 0.3) is 0 Å². The molecule has 0 aliphatic carbocycles. The molecule has 84 valence electrons. The minimum absolute atomic E-state index is 0.186. The van der Waals surface area contributed by atoms with Gasteiger partial charge in [0.15, 0.2) is 0 Å². The predicted molar refractivity (Wildman–Crippen MR) is 61.3 cm³/mol. The molecule has 0 aliphatic rings. The van der Waals surface area contributed by atoms with Gasteiger partial charge in [0.2, 0.25) is 5.82 Å². The van der Waals surface area contributed by atoms with Gasteiger partial charge in [-0.15, -0.1) is 5.10 Å². The molecule has 0 aromatic carbocycles. The van der Waals surface area contributed by atoms with E-state index in [1.807, 2.05) is 12.3 Å². The summed E-state index contributed by atoms with van der Waals surface area (Å²) in [6.07, 6.45) is 0. The lowest BCUT2D eigenvalue weighted by Crippen LogP contribution is -2.24. The van der Waals surface area contributed by atoms with Gasteiger partial charge in [0.05, 0.1) is 0 Å². The molecule has 0 atom stereocenters. The van der Waals surface area contributed by atoms with Gasteiger partial charge in [-0.25, -0.2) is 4.98 Å². The van der Waals surface area contributed by atoms with Crippen LogP contribution in [0.5, 0.6) is 0 Å². The van der Waals surface area contributed by atoms with E-state index in [-0.39, 0.29) is 11.7 Å². The lowest BCUT2D eigenvalue weighted by molar-refractivity contribution is 0.0941. The topological polar surface area (TPSA) is 70.7 Å². The van der Waals surface area contributed by atoms with Gasteiger partial charge in [0.25, 0.3) is 5.91 Å². The van der Waals surface area contributed by atoms with Gasteiger partial charge < -0.3 is 5.32 Å². The molecule has 2 N–H and O–H groups in total. The van der Waals surface area contributed by atoms with Crippen molar-refractivity contribution in [2.45, 2.75) is 20.4 Å². The molecule has 0 bridgehead atoms. The number of carbonyl (C=O) groups excluding carboxylic acids is 1. The van der Waals surface area contributed by atoms with Crippen LogP contribution in [0, 0.1) is 13.8 Å². The molecule has 0 unspecified atom stereocenters. The summed E-state index contributed by atoms with van der Waals surface area (Å²) in [4.78, 5) is 15.6. The molecule has 0 aliphatic heterocycles. The van der Waals surface area contributed by atoms with Crippen molar-refractivity contribution in [2.24, 2.45) is 0 Å². The Balaban J connectivity index is 1.96. The molecule has 0 radical (unpaired) electrons. The second kappa shape index (κ2) is 4.44. The number of amides is 1. The highest BCUT2D eigenvalue weighted by Crippen LogP contribution is 2.12. The molecule has 2 heterocycles. The highest BCUT2D eigenvalue weighted by Gasteiger charge is 2.10. The van der Waals surface area contributed by atoms with E-state index in [4.69, 9.17) is 0 Å². The van der Waals surface area contributed by atoms with E-state index in [1.54, 1.807) is 18.3 Å². The van der Waals surface area contributed by atoms with Crippen LogP contribution < -0.4 is 5.32 Å². The van der Waals surface area contributed by atoms with Crippen molar-refractivity contribution in [3.63, 3.8) is 0 Å². The van der Waals surface area contributed by atoms with Crippen molar-refractivity contribution < 1.29 is 4.79 Å². The molecule has 1 amide bonds. The zero-order chi connectivity index (χ0) is 11.5. The van der Waals surface area contributed by atoms with Crippen molar-refractivity contribution >= 4 is 17.2 Å². The number of aryl methyl sites for hydroxylation is 2. The average molecular weight is 236 g/mol. The highest BCUT2D eigenvalue weighted by atomic mass is 32.1. The van der Waals surface area contributed by atoms with Gasteiger partial charge in [0, 0.05) is 6.54 Å². The fourth-order valence-corrected chi connectivity index (χ4v) is 2.12. The van der Waals surface area contributed by atoms with E-state index in [0.29, 0.717) is 12.4 Å². The summed E-state index contributed by atoms with van der Waals surface area (Å²) in [6, 6.07) is 0. The van der Waals surface area contributed by atoms with Crippen LogP contribution in [0.2, 0.25) is 0 Å². The molecule has 2 aromatic rings. The Bertz CT molecular complexity index is 502. The highest BCUT2D eigenvalue weighted by molar-refractivity contribution is 7.08. The normalized spacial score (nSPS) is 10.4. The standard InChI is InChI=1S/C10H12N4OS/c1-6-4-16-5-8(6)3-11-10(15)9-12-7(2)13-14-9/h4-5H,3H2,1-2H3,(H,11,15)(H,12,13,14).